The number of hydrogen-bond acceptors (Lipinski definition) is 7. The first-order chi connectivity index (χ1) is 14.2. The van der Waals surface area contributed by atoms with E-state index in [0.29, 0.717) is 28.6 Å². The van der Waals surface area contributed by atoms with Crippen molar-refractivity contribution >= 4 is 40.9 Å². The molecule has 0 bridgehead atoms. The Bertz CT molecular complexity index is 872. The van der Waals surface area contributed by atoms with Gasteiger partial charge in [0.15, 0.2) is 12.4 Å². The summed E-state index contributed by atoms with van der Waals surface area (Å²) in [5.41, 5.74) is 1.24. The molecule has 1 saturated heterocycles. The maximum Gasteiger partial charge on any atom is 0.344 e. The first-order valence-corrected chi connectivity index (χ1v) is 10.7. The lowest BCUT2D eigenvalue weighted by molar-refractivity contribution is -0.150. The number of nitrogens with zero attached hydrogens (tertiary/aromatic N) is 1. The molecule has 0 radical (unpaired) electrons. The Kier molecular flexibility index (Phi) is 6.55. The molecule has 1 spiro atoms. The van der Waals surface area contributed by atoms with E-state index in [1.54, 1.807) is 6.07 Å². The van der Waals surface area contributed by atoms with Crippen LogP contribution in [0.25, 0.3) is 0 Å². The van der Waals surface area contributed by atoms with Crippen LogP contribution < -0.4 is 10.7 Å². The molecule has 30 heavy (non-hydrogen) atoms. The second-order valence-corrected chi connectivity index (χ2v) is 9.15. The number of nitrogens with one attached hydrogen (secondary N) is 2. The van der Waals surface area contributed by atoms with Gasteiger partial charge in [-0.1, -0.05) is 6.92 Å². The van der Waals surface area contributed by atoms with Gasteiger partial charge >= 0.3 is 12.0 Å². The summed E-state index contributed by atoms with van der Waals surface area (Å²) in [5, 5.41) is 3.35. The third-order valence-electron chi connectivity index (χ3n) is 5.46. The molecule has 0 unspecified atom stereocenters. The lowest BCUT2D eigenvalue weighted by atomic mass is 9.77. The highest BCUT2D eigenvalue weighted by atomic mass is 32.1. The van der Waals surface area contributed by atoms with Gasteiger partial charge < -0.3 is 10.1 Å². The molecule has 2 aliphatic rings. The van der Waals surface area contributed by atoms with E-state index in [2.05, 4.69) is 17.7 Å². The van der Waals surface area contributed by atoms with Crippen molar-refractivity contribution < 1.29 is 28.7 Å². The molecule has 9 nitrogen and oxygen atoms in total. The highest BCUT2D eigenvalue weighted by molar-refractivity contribution is 7.14. The molecule has 1 aromatic rings. The van der Waals surface area contributed by atoms with Crippen LogP contribution in [0.5, 0.6) is 0 Å². The number of urea groups is 1. The number of esters is 1. The van der Waals surface area contributed by atoms with Crippen molar-refractivity contribution in [3.63, 3.8) is 0 Å². The lowest BCUT2D eigenvalue weighted by Crippen LogP contribution is -2.52. The second kappa shape index (κ2) is 8.95. The number of rotatable bonds is 7. The highest BCUT2D eigenvalue weighted by Crippen LogP contribution is 2.35. The maximum atomic E-state index is 12.7. The Hall–Kier alpha value is -2.75. The van der Waals surface area contributed by atoms with Crippen LogP contribution in [0.3, 0.4) is 0 Å². The first-order valence-electron chi connectivity index (χ1n) is 9.91. The monoisotopic (exact) mass is 435 g/mol. The van der Waals surface area contributed by atoms with Crippen molar-refractivity contribution in [1.29, 1.82) is 0 Å². The molecule has 162 valence electrons. The third-order valence-corrected chi connectivity index (χ3v) is 6.50. The second-order valence-electron chi connectivity index (χ2n) is 7.86. The van der Waals surface area contributed by atoms with Gasteiger partial charge in [-0.25, -0.2) is 4.79 Å². The van der Waals surface area contributed by atoms with Gasteiger partial charge in [0.05, 0.1) is 11.3 Å². The number of hydrazine groups is 1. The van der Waals surface area contributed by atoms with E-state index < -0.39 is 36.0 Å². The van der Waals surface area contributed by atoms with Crippen LogP contribution in [0, 0.1) is 12.8 Å². The zero-order valence-electron chi connectivity index (χ0n) is 17.0. The summed E-state index contributed by atoms with van der Waals surface area (Å²) in [6.45, 7) is 3.33. The Morgan fingerprint density at radius 2 is 1.93 bits per heavy atom. The van der Waals surface area contributed by atoms with Crippen LogP contribution in [0.2, 0.25) is 0 Å². The Morgan fingerprint density at radius 3 is 2.57 bits per heavy atom. The van der Waals surface area contributed by atoms with Gasteiger partial charge in [0.25, 0.3) is 11.8 Å². The molecule has 2 heterocycles. The minimum absolute atomic E-state index is 0.0195. The summed E-state index contributed by atoms with van der Waals surface area (Å²) in [7, 11) is 0. The van der Waals surface area contributed by atoms with E-state index in [-0.39, 0.29) is 18.6 Å². The van der Waals surface area contributed by atoms with Crippen molar-refractivity contribution in [1.82, 2.24) is 15.8 Å². The van der Waals surface area contributed by atoms with Crippen LogP contribution in [0.15, 0.2) is 12.1 Å². The molecule has 4 amide bonds. The van der Waals surface area contributed by atoms with E-state index in [4.69, 9.17) is 4.74 Å². The minimum Gasteiger partial charge on any atom is -0.455 e. The molecule has 0 aromatic carbocycles. The van der Waals surface area contributed by atoms with Gasteiger partial charge in [-0.05, 0) is 50.7 Å². The fourth-order valence-corrected chi connectivity index (χ4v) is 4.45. The Balaban J connectivity index is 1.43. The predicted octanol–water partition coefficient (Wildman–Crippen LogP) is 2.09. The largest absolute Gasteiger partial charge is 0.455 e. The van der Waals surface area contributed by atoms with Crippen LogP contribution in [-0.2, 0) is 19.1 Å². The molecule has 3 rings (SSSR count). The number of Topliss-reactive ketones (excluding diaryl/α,β-unsaturated/α-hetero) is 1. The molecule has 0 atom stereocenters. The number of carbonyl (C=O) groups is 5. The molecule has 1 aliphatic heterocycles. The fourth-order valence-electron chi connectivity index (χ4n) is 3.61. The number of aryl methyl sites for hydroxylation is 1. The van der Waals surface area contributed by atoms with E-state index in [0.717, 1.165) is 17.7 Å². The Labute approximate surface area is 178 Å². The first kappa shape index (κ1) is 21.9. The van der Waals surface area contributed by atoms with Gasteiger partial charge in [0, 0.05) is 11.3 Å². The van der Waals surface area contributed by atoms with Crippen molar-refractivity contribution in [3.05, 3.63) is 21.9 Å². The predicted molar refractivity (Wildman–Crippen MR) is 107 cm³/mol. The number of imide groups is 1. The van der Waals surface area contributed by atoms with Crippen molar-refractivity contribution in [2.75, 3.05) is 6.61 Å². The molecule has 1 aliphatic carbocycles. The number of carbonyl (C=O) groups excluding carboxylic acids is 5. The van der Waals surface area contributed by atoms with Crippen LogP contribution in [-0.4, -0.2) is 46.8 Å². The summed E-state index contributed by atoms with van der Waals surface area (Å²) < 4.78 is 4.86. The van der Waals surface area contributed by atoms with E-state index in [1.807, 2.05) is 13.0 Å². The lowest BCUT2D eigenvalue weighted by Gasteiger charge is -2.33. The van der Waals surface area contributed by atoms with Crippen molar-refractivity contribution in [2.45, 2.75) is 57.9 Å². The SMILES string of the molecule is Cc1ccc(C(=O)CCC(=O)OCC(=O)NN2C(=O)NC3(CCC(C)CC3)C2=O)s1. The average Bonchev–Trinajstić information content (AvgIpc) is 3.24. The van der Waals surface area contributed by atoms with Crippen molar-refractivity contribution in [3.8, 4) is 0 Å². The van der Waals surface area contributed by atoms with Gasteiger partial charge in [0.1, 0.15) is 5.54 Å². The summed E-state index contributed by atoms with van der Waals surface area (Å²) in [4.78, 5) is 62.3. The fraction of sp³-hybridized carbons (Fsp3) is 0.550. The number of amides is 4. The molecular weight excluding hydrogens is 410 g/mol. The molecule has 2 fully saturated rings. The van der Waals surface area contributed by atoms with Gasteiger partial charge in [-0.15, -0.1) is 11.3 Å². The third kappa shape index (κ3) is 4.86. The molecule has 10 heteroatoms. The van der Waals surface area contributed by atoms with Gasteiger partial charge in [-0.2, -0.15) is 5.01 Å². The maximum absolute atomic E-state index is 12.7. The smallest absolute Gasteiger partial charge is 0.344 e. The van der Waals surface area contributed by atoms with Crippen molar-refractivity contribution in [2.24, 2.45) is 5.92 Å². The quantitative estimate of drug-likeness (QED) is 0.384. The number of ketones is 1. The van der Waals surface area contributed by atoms with E-state index in [9.17, 15) is 24.0 Å². The molecule has 1 aromatic heterocycles. The average molecular weight is 436 g/mol. The minimum atomic E-state index is -0.964. The Morgan fingerprint density at radius 1 is 1.23 bits per heavy atom. The van der Waals surface area contributed by atoms with E-state index >= 15 is 0 Å². The zero-order valence-corrected chi connectivity index (χ0v) is 17.8. The number of thiophene rings is 1. The molecule has 1 saturated carbocycles. The summed E-state index contributed by atoms with van der Waals surface area (Å²) in [6.07, 6.45) is 2.50. The van der Waals surface area contributed by atoms with E-state index in [1.165, 1.54) is 11.3 Å². The summed E-state index contributed by atoms with van der Waals surface area (Å²) >= 11 is 1.35. The van der Waals surface area contributed by atoms with Gasteiger partial charge in [0.2, 0.25) is 0 Å². The number of ether oxygens (including phenoxy) is 1. The van der Waals surface area contributed by atoms with Crippen LogP contribution >= 0.6 is 11.3 Å². The van der Waals surface area contributed by atoms with Crippen LogP contribution in [0.4, 0.5) is 4.79 Å². The summed E-state index contributed by atoms with van der Waals surface area (Å²) in [6, 6.07) is 2.85. The molecular formula is C20H25N3O6S. The molecule has 2 N–H and O–H groups in total. The number of hydrogen-bond donors (Lipinski definition) is 2. The normalized spacial score (nSPS) is 23.4. The summed E-state index contributed by atoms with van der Waals surface area (Å²) in [5.74, 6) is -1.68. The zero-order chi connectivity index (χ0) is 21.9. The highest BCUT2D eigenvalue weighted by Gasteiger charge is 2.52. The topological polar surface area (TPSA) is 122 Å². The standard InChI is InChI=1S/C20H25N3O6S/c1-12-7-9-20(10-8-12)18(27)23(19(28)21-20)22-16(25)11-29-17(26)6-4-14(24)15-5-3-13(2)30-15/h3,5,12H,4,6-11H2,1-2H3,(H,21,28)(H,22,25). The van der Waals surface area contributed by atoms with Crippen LogP contribution in [0.1, 0.15) is 60.0 Å². The van der Waals surface area contributed by atoms with Gasteiger partial charge in [-0.3, -0.25) is 24.6 Å².